The summed E-state index contributed by atoms with van der Waals surface area (Å²) in [4.78, 5) is 4.21. The molecule has 4 nitrogen and oxygen atoms in total. The molecule has 0 aliphatic carbocycles. The molecule has 0 amide bonds. The summed E-state index contributed by atoms with van der Waals surface area (Å²) in [6.07, 6.45) is 0.0530. The van der Waals surface area contributed by atoms with E-state index in [1.807, 2.05) is 12.1 Å². The number of nitrogen functional groups attached to an aromatic ring is 1. The van der Waals surface area contributed by atoms with Crippen molar-refractivity contribution in [1.29, 1.82) is 0 Å². The maximum absolute atomic E-state index is 5.58. The third-order valence-corrected chi connectivity index (χ3v) is 2.05. The smallest absolute Gasteiger partial charge is 0.123 e. The summed E-state index contributed by atoms with van der Waals surface area (Å²) in [6.45, 7) is 2.47. The lowest BCUT2D eigenvalue weighted by molar-refractivity contribution is 0.0251. The van der Waals surface area contributed by atoms with Crippen molar-refractivity contribution in [3.05, 3.63) is 23.9 Å². The fourth-order valence-corrected chi connectivity index (χ4v) is 1.40. The SMILES string of the molecule is Nc1cccc(C2CNCCO2)n1. The predicted octanol–water partition coefficient (Wildman–Crippen LogP) is 0.325. The molecule has 1 atom stereocenters. The predicted molar refractivity (Wildman–Crippen MR) is 50.2 cm³/mol. The number of hydrogen-bond donors (Lipinski definition) is 2. The lowest BCUT2D eigenvalue weighted by Crippen LogP contribution is -2.33. The maximum atomic E-state index is 5.58. The second-order valence-electron chi connectivity index (χ2n) is 3.05. The Hall–Kier alpha value is -1.13. The van der Waals surface area contributed by atoms with E-state index in [9.17, 15) is 0 Å². The van der Waals surface area contributed by atoms with Gasteiger partial charge < -0.3 is 15.8 Å². The Balaban J connectivity index is 2.14. The second kappa shape index (κ2) is 3.72. The fourth-order valence-electron chi connectivity index (χ4n) is 1.40. The van der Waals surface area contributed by atoms with E-state index >= 15 is 0 Å². The molecule has 0 aromatic carbocycles. The molecular weight excluding hydrogens is 166 g/mol. The minimum Gasteiger partial charge on any atom is -0.384 e. The molecule has 1 unspecified atom stereocenters. The summed E-state index contributed by atoms with van der Waals surface area (Å²) in [5.74, 6) is 0.548. The second-order valence-corrected chi connectivity index (χ2v) is 3.05. The van der Waals surface area contributed by atoms with Gasteiger partial charge in [-0.2, -0.15) is 0 Å². The molecule has 0 saturated carbocycles. The summed E-state index contributed by atoms with van der Waals surface area (Å²) in [6, 6.07) is 5.61. The van der Waals surface area contributed by atoms with Gasteiger partial charge in [0.1, 0.15) is 11.9 Å². The van der Waals surface area contributed by atoms with Gasteiger partial charge in [0.25, 0.3) is 0 Å². The molecule has 1 aromatic rings. The van der Waals surface area contributed by atoms with E-state index in [2.05, 4.69) is 10.3 Å². The van der Waals surface area contributed by atoms with Crippen LogP contribution in [0.2, 0.25) is 0 Å². The van der Waals surface area contributed by atoms with Crippen LogP contribution < -0.4 is 11.1 Å². The number of pyridine rings is 1. The van der Waals surface area contributed by atoms with Gasteiger partial charge in [-0.05, 0) is 12.1 Å². The summed E-state index contributed by atoms with van der Waals surface area (Å²) < 4.78 is 5.54. The molecule has 13 heavy (non-hydrogen) atoms. The van der Waals surface area contributed by atoms with Crippen molar-refractivity contribution in [2.45, 2.75) is 6.10 Å². The number of aromatic nitrogens is 1. The van der Waals surface area contributed by atoms with Crippen LogP contribution in [-0.4, -0.2) is 24.7 Å². The molecule has 0 spiro atoms. The lowest BCUT2D eigenvalue weighted by atomic mass is 10.2. The summed E-state index contributed by atoms with van der Waals surface area (Å²) in [7, 11) is 0. The Kier molecular flexibility index (Phi) is 2.42. The fraction of sp³-hybridized carbons (Fsp3) is 0.444. The third kappa shape index (κ3) is 1.96. The zero-order valence-corrected chi connectivity index (χ0v) is 7.36. The van der Waals surface area contributed by atoms with E-state index in [0.717, 1.165) is 25.4 Å². The van der Waals surface area contributed by atoms with Crippen LogP contribution in [0, 0.1) is 0 Å². The van der Waals surface area contributed by atoms with Gasteiger partial charge in [0, 0.05) is 13.1 Å². The number of nitrogens with one attached hydrogen (secondary N) is 1. The van der Waals surface area contributed by atoms with Crippen molar-refractivity contribution >= 4 is 5.82 Å². The largest absolute Gasteiger partial charge is 0.384 e. The monoisotopic (exact) mass is 179 g/mol. The number of ether oxygens (including phenoxy) is 1. The van der Waals surface area contributed by atoms with Gasteiger partial charge in [0.05, 0.1) is 12.3 Å². The Bertz CT molecular complexity index is 284. The van der Waals surface area contributed by atoms with Crippen molar-refractivity contribution in [1.82, 2.24) is 10.3 Å². The van der Waals surface area contributed by atoms with Crippen LogP contribution in [0.4, 0.5) is 5.82 Å². The Morgan fingerprint density at radius 2 is 2.46 bits per heavy atom. The molecule has 1 aliphatic heterocycles. The average molecular weight is 179 g/mol. The Labute approximate surface area is 77.1 Å². The minimum absolute atomic E-state index is 0.0530. The van der Waals surface area contributed by atoms with E-state index in [1.165, 1.54) is 0 Å². The van der Waals surface area contributed by atoms with Crippen molar-refractivity contribution in [3.8, 4) is 0 Å². The summed E-state index contributed by atoms with van der Waals surface area (Å²) >= 11 is 0. The topological polar surface area (TPSA) is 60.2 Å². The van der Waals surface area contributed by atoms with Crippen molar-refractivity contribution in [2.24, 2.45) is 0 Å². The third-order valence-electron chi connectivity index (χ3n) is 2.05. The van der Waals surface area contributed by atoms with Crippen LogP contribution >= 0.6 is 0 Å². The molecule has 1 aliphatic rings. The highest BCUT2D eigenvalue weighted by Gasteiger charge is 2.16. The molecule has 1 saturated heterocycles. The molecule has 2 heterocycles. The zero-order valence-electron chi connectivity index (χ0n) is 7.36. The molecule has 1 aromatic heterocycles. The first kappa shape index (κ1) is 8.47. The number of anilines is 1. The molecule has 1 fully saturated rings. The van der Waals surface area contributed by atoms with Gasteiger partial charge in [-0.25, -0.2) is 4.98 Å². The molecule has 0 radical (unpaired) electrons. The maximum Gasteiger partial charge on any atom is 0.123 e. The standard InChI is InChI=1S/C9H13N3O/c10-9-3-1-2-7(12-9)8-6-11-4-5-13-8/h1-3,8,11H,4-6H2,(H2,10,12). The summed E-state index contributed by atoms with van der Waals surface area (Å²) in [5, 5.41) is 3.25. The van der Waals surface area contributed by atoms with Crippen LogP contribution in [-0.2, 0) is 4.74 Å². The van der Waals surface area contributed by atoms with Crippen molar-refractivity contribution in [3.63, 3.8) is 0 Å². The van der Waals surface area contributed by atoms with E-state index in [-0.39, 0.29) is 6.10 Å². The first-order chi connectivity index (χ1) is 6.36. The van der Waals surface area contributed by atoms with Crippen LogP contribution in [0.1, 0.15) is 11.8 Å². The van der Waals surface area contributed by atoms with Gasteiger partial charge in [-0.1, -0.05) is 6.07 Å². The molecular formula is C9H13N3O. The first-order valence-electron chi connectivity index (χ1n) is 4.41. The number of rotatable bonds is 1. The number of nitrogens with zero attached hydrogens (tertiary/aromatic N) is 1. The Morgan fingerprint density at radius 1 is 1.54 bits per heavy atom. The molecule has 4 heteroatoms. The zero-order chi connectivity index (χ0) is 9.10. The molecule has 3 N–H and O–H groups in total. The highest BCUT2D eigenvalue weighted by Crippen LogP contribution is 2.16. The van der Waals surface area contributed by atoms with E-state index < -0.39 is 0 Å². The Morgan fingerprint density at radius 3 is 3.15 bits per heavy atom. The molecule has 0 bridgehead atoms. The van der Waals surface area contributed by atoms with Gasteiger partial charge in [0.15, 0.2) is 0 Å². The number of nitrogens with two attached hydrogens (primary N) is 1. The number of hydrogen-bond acceptors (Lipinski definition) is 4. The van der Waals surface area contributed by atoms with Crippen molar-refractivity contribution in [2.75, 3.05) is 25.4 Å². The van der Waals surface area contributed by atoms with Gasteiger partial charge in [0.2, 0.25) is 0 Å². The quantitative estimate of drug-likeness (QED) is 0.652. The highest BCUT2D eigenvalue weighted by molar-refractivity contribution is 5.29. The van der Waals surface area contributed by atoms with Crippen LogP contribution in [0.15, 0.2) is 18.2 Å². The number of morpholine rings is 1. The molecule has 70 valence electrons. The normalized spacial score (nSPS) is 22.9. The lowest BCUT2D eigenvalue weighted by Gasteiger charge is -2.23. The van der Waals surface area contributed by atoms with E-state index in [4.69, 9.17) is 10.5 Å². The minimum atomic E-state index is 0.0530. The summed E-state index contributed by atoms with van der Waals surface area (Å²) in [5.41, 5.74) is 6.49. The van der Waals surface area contributed by atoms with E-state index in [0.29, 0.717) is 5.82 Å². The van der Waals surface area contributed by atoms with Crippen LogP contribution in [0.5, 0.6) is 0 Å². The van der Waals surface area contributed by atoms with Gasteiger partial charge >= 0.3 is 0 Å². The average Bonchev–Trinajstić information content (AvgIpc) is 2.19. The highest BCUT2D eigenvalue weighted by atomic mass is 16.5. The first-order valence-corrected chi connectivity index (χ1v) is 4.41. The van der Waals surface area contributed by atoms with Crippen LogP contribution in [0.3, 0.4) is 0 Å². The van der Waals surface area contributed by atoms with Gasteiger partial charge in [-0.15, -0.1) is 0 Å². The van der Waals surface area contributed by atoms with Crippen LogP contribution in [0.25, 0.3) is 0 Å². The van der Waals surface area contributed by atoms with E-state index in [1.54, 1.807) is 6.07 Å². The van der Waals surface area contributed by atoms with Gasteiger partial charge in [-0.3, -0.25) is 0 Å². The molecule has 2 rings (SSSR count). The van der Waals surface area contributed by atoms with Crippen molar-refractivity contribution < 1.29 is 4.74 Å².